The number of rotatable bonds is 11. The van der Waals surface area contributed by atoms with E-state index in [0.717, 1.165) is 66.4 Å². The van der Waals surface area contributed by atoms with Gasteiger partial charge in [-0.05, 0) is 72.3 Å². The van der Waals surface area contributed by atoms with Gasteiger partial charge in [-0.2, -0.15) is 5.26 Å². The summed E-state index contributed by atoms with van der Waals surface area (Å²) in [5.41, 5.74) is 11.3. The fourth-order valence-electron chi connectivity index (χ4n) is 3.98. The molecule has 0 saturated carbocycles. The molecule has 2 aromatic rings. The molecule has 1 atom stereocenters. The van der Waals surface area contributed by atoms with Crippen LogP contribution in [0.3, 0.4) is 0 Å². The number of nitriles is 1. The third-order valence-corrected chi connectivity index (χ3v) is 6.41. The van der Waals surface area contributed by atoms with Crippen molar-refractivity contribution in [3.05, 3.63) is 90.2 Å². The quantitative estimate of drug-likeness (QED) is 0.177. The first-order valence-electron chi connectivity index (χ1n) is 11.6. The van der Waals surface area contributed by atoms with E-state index in [4.69, 9.17) is 23.6 Å². The maximum absolute atomic E-state index is 9.15. The number of hydrogen-bond donors (Lipinski definition) is 3. The summed E-state index contributed by atoms with van der Waals surface area (Å²) in [6.45, 7) is 9.07. The number of nitrogens with one attached hydrogen (secondary N) is 1. The van der Waals surface area contributed by atoms with Crippen LogP contribution in [-0.4, -0.2) is 25.7 Å². The van der Waals surface area contributed by atoms with Gasteiger partial charge in [-0.1, -0.05) is 49.9 Å². The molecular weight excluding hydrogens is 424 g/mol. The molecule has 4 nitrogen and oxygen atoms in total. The Kier molecular flexibility index (Phi) is 9.24. The molecule has 0 bridgehead atoms. The van der Waals surface area contributed by atoms with E-state index >= 15 is 0 Å². The van der Waals surface area contributed by atoms with Gasteiger partial charge in [0, 0.05) is 36.3 Å². The lowest BCUT2D eigenvalue weighted by Gasteiger charge is -2.39. The highest BCUT2D eigenvalue weighted by molar-refractivity contribution is 7.90. The van der Waals surface area contributed by atoms with Crippen molar-refractivity contribution >= 4 is 28.8 Å². The number of thiol groups is 1. The molecule has 1 fully saturated rings. The molecule has 0 aliphatic carbocycles. The zero-order valence-corrected chi connectivity index (χ0v) is 20.3. The Morgan fingerprint density at radius 2 is 1.88 bits per heavy atom. The molecule has 33 heavy (non-hydrogen) atoms. The van der Waals surface area contributed by atoms with Crippen LogP contribution >= 0.6 is 12.6 Å². The SMILES string of the molecule is C=CNCCCC(N)C/C=C/C(=C(\S)c1ccc(N2CC(C)C2)cc1)c1ccc(C#N)cc1. The molecule has 1 aliphatic heterocycles. The van der Waals surface area contributed by atoms with Gasteiger partial charge in [0.05, 0.1) is 11.6 Å². The van der Waals surface area contributed by atoms with E-state index in [-0.39, 0.29) is 6.04 Å². The van der Waals surface area contributed by atoms with Crippen LogP contribution in [0, 0.1) is 17.2 Å². The number of nitrogens with two attached hydrogens (primary N) is 1. The zero-order chi connectivity index (χ0) is 23.6. The summed E-state index contributed by atoms with van der Waals surface area (Å²) >= 11 is 4.92. The normalized spacial score (nSPS) is 15.5. The summed E-state index contributed by atoms with van der Waals surface area (Å²) < 4.78 is 0. The van der Waals surface area contributed by atoms with Crippen LogP contribution in [0.25, 0.3) is 10.5 Å². The lowest BCUT2D eigenvalue weighted by atomic mass is 9.98. The Labute approximate surface area is 203 Å². The van der Waals surface area contributed by atoms with Gasteiger partial charge in [0.25, 0.3) is 0 Å². The van der Waals surface area contributed by atoms with Crippen LogP contribution < -0.4 is 16.0 Å². The molecule has 1 unspecified atom stereocenters. The molecule has 5 heteroatoms. The Balaban J connectivity index is 1.79. The average molecular weight is 459 g/mol. The van der Waals surface area contributed by atoms with Crippen LogP contribution in [0.15, 0.2) is 73.5 Å². The first kappa shape index (κ1) is 24.7. The van der Waals surface area contributed by atoms with Crippen molar-refractivity contribution in [3.63, 3.8) is 0 Å². The fourth-order valence-corrected chi connectivity index (χ4v) is 4.33. The fraction of sp³-hybridized carbons (Fsp3) is 0.321. The molecule has 0 aromatic heterocycles. The second kappa shape index (κ2) is 12.3. The number of anilines is 1. The van der Waals surface area contributed by atoms with Crippen molar-refractivity contribution in [3.8, 4) is 6.07 Å². The minimum atomic E-state index is 0.108. The highest BCUT2D eigenvalue weighted by atomic mass is 32.1. The van der Waals surface area contributed by atoms with Gasteiger partial charge >= 0.3 is 0 Å². The molecule has 1 aliphatic rings. The van der Waals surface area contributed by atoms with Gasteiger partial charge in [-0.3, -0.25) is 0 Å². The minimum Gasteiger partial charge on any atom is -0.391 e. The summed E-state index contributed by atoms with van der Waals surface area (Å²) in [7, 11) is 0. The molecule has 0 spiro atoms. The smallest absolute Gasteiger partial charge is 0.0991 e. The molecule has 0 amide bonds. The largest absolute Gasteiger partial charge is 0.391 e. The predicted molar refractivity (Wildman–Crippen MR) is 144 cm³/mol. The van der Waals surface area contributed by atoms with Crippen LogP contribution in [-0.2, 0) is 0 Å². The topological polar surface area (TPSA) is 65.1 Å². The second-order valence-electron chi connectivity index (χ2n) is 8.71. The lowest BCUT2D eigenvalue weighted by Crippen LogP contribution is -2.45. The van der Waals surface area contributed by atoms with E-state index in [1.54, 1.807) is 6.20 Å². The van der Waals surface area contributed by atoms with E-state index < -0.39 is 0 Å². The van der Waals surface area contributed by atoms with E-state index in [9.17, 15) is 0 Å². The van der Waals surface area contributed by atoms with Crippen molar-refractivity contribution in [1.29, 1.82) is 5.26 Å². The molecule has 172 valence electrons. The standard InChI is InChI=1S/C28H34N4S/c1-3-31-17-5-7-25(30)6-4-8-27(23-11-9-22(18-29)10-12-23)28(33)24-13-15-26(16-14-24)32-19-21(2)20-32/h3-4,8-16,21,25,31,33H,1,5-7,17,19-20,30H2,2H3/b8-4+,28-27+. The van der Waals surface area contributed by atoms with Crippen LogP contribution in [0.4, 0.5) is 5.69 Å². The number of hydrogen-bond acceptors (Lipinski definition) is 5. The highest BCUT2D eigenvalue weighted by Gasteiger charge is 2.22. The van der Waals surface area contributed by atoms with Crippen LogP contribution in [0.1, 0.15) is 42.9 Å². The Morgan fingerprint density at radius 1 is 1.21 bits per heavy atom. The van der Waals surface area contributed by atoms with Crippen molar-refractivity contribution < 1.29 is 0 Å². The number of allylic oxidation sites excluding steroid dienone is 2. The lowest BCUT2D eigenvalue weighted by molar-refractivity contribution is 0.447. The molecule has 3 rings (SSSR count). The Morgan fingerprint density at radius 3 is 2.48 bits per heavy atom. The number of nitrogens with zero attached hydrogens (tertiary/aromatic N) is 2. The highest BCUT2D eigenvalue weighted by Crippen LogP contribution is 2.33. The average Bonchev–Trinajstić information content (AvgIpc) is 2.82. The van der Waals surface area contributed by atoms with E-state index in [0.29, 0.717) is 5.56 Å². The summed E-state index contributed by atoms with van der Waals surface area (Å²) in [5, 5.41) is 12.3. The van der Waals surface area contributed by atoms with Gasteiger partial charge in [-0.25, -0.2) is 0 Å². The summed E-state index contributed by atoms with van der Waals surface area (Å²) in [5.74, 6) is 0.766. The van der Waals surface area contributed by atoms with Crippen LogP contribution in [0.2, 0.25) is 0 Å². The predicted octanol–water partition coefficient (Wildman–Crippen LogP) is 5.60. The van der Waals surface area contributed by atoms with Gasteiger partial charge in [0.2, 0.25) is 0 Å². The van der Waals surface area contributed by atoms with Crippen molar-refractivity contribution in [2.24, 2.45) is 11.7 Å². The molecule has 3 N–H and O–H groups in total. The van der Waals surface area contributed by atoms with E-state index in [1.807, 2.05) is 24.3 Å². The van der Waals surface area contributed by atoms with Crippen molar-refractivity contribution in [1.82, 2.24) is 5.32 Å². The molecular formula is C28H34N4S. The zero-order valence-electron chi connectivity index (χ0n) is 19.4. The third kappa shape index (κ3) is 7.02. The van der Waals surface area contributed by atoms with Gasteiger partial charge in [0.1, 0.15) is 0 Å². The third-order valence-electron chi connectivity index (χ3n) is 5.91. The van der Waals surface area contributed by atoms with Gasteiger partial charge < -0.3 is 16.0 Å². The van der Waals surface area contributed by atoms with Crippen molar-refractivity contribution in [2.75, 3.05) is 24.5 Å². The Hall–Kier alpha value is -2.94. The molecule has 0 radical (unpaired) electrons. The maximum atomic E-state index is 9.15. The van der Waals surface area contributed by atoms with Crippen molar-refractivity contribution in [2.45, 2.75) is 32.2 Å². The van der Waals surface area contributed by atoms with Gasteiger partial charge in [0.15, 0.2) is 0 Å². The number of benzene rings is 2. The minimum absolute atomic E-state index is 0.108. The molecule has 2 aromatic carbocycles. The van der Waals surface area contributed by atoms with E-state index in [2.05, 4.69) is 66.2 Å². The molecule has 1 heterocycles. The molecule has 1 saturated heterocycles. The monoisotopic (exact) mass is 458 g/mol. The second-order valence-corrected chi connectivity index (χ2v) is 9.15. The van der Waals surface area contributed by atoms with Crippen LogP contribution in [0.5, 0.6) is 0 Å². The Bertz CT molecular complexity index is 1010. The first-order valence-corrected chi connectivity index (χ1v) is 12.0. The summed E-state index contributed by atoms with van der Waals surface area (Å²) in [6.07, 6.45) is 8.71. The first-order chi connectivity index (χ1) is 16.0. The maximum Gasteiger partial charge on any atom is 0.0991 e. The summed E-state index contributed by atoms with van der Waals surface area (Å²) in [4.78, 5) is 3.30. The van der Waals surface area contributed by atoms with Gasteiger partial charge in [-0.15, -0.1) is 12.6 Å². The summed E-state index contributed by atoms with van der Waals surface area (Å²) in [6, 6.07) is 18.6. The van der Waals surface area contributed by atoms with E-state index in [1.165, 1.54) is 5.69 Å².